The van der Waals surface area contributed by atoms with Crippen molar-refractivity contribution in [3.63, 3.8) is 0 Å². The van der Waals surface area contributed by atoms with Gasteiger partial charge in [-0.25, -0.2) is 4.39 Å². The zero-order valence-corrected chi connectivity index (χ0v) is 9.66. The molecule has 1 aliphatic rings. The molecule has 0 spiro atoms. The second-order valence-electron chi connectivity index (χ2n) is 4.18. The minimum Gasteiger partial charge on any atom is -0.378 e. The van der Waals surface area contributed by atoms with Crippen LogP contribution in [0, 0.1) is 5.82 Å². The SMILES string of the molecule is CN(C)c1cc(F)ccc1C1COCCN1. The summed E-state index contributed by atoms with van der Waals surface area (Å²) in [5.74, 6) is -0.204. The Morgan fingerprint density at radius 3 is 2.88 bits per heavy atom. The van der Waals surface area contributed by atoms with E-state index in [4.69, 9.17) is 4.74 Å². The molecule has 1 aromatic carbocycles. The van der Waals surface area contributed by atoms with Gasteiger partial charge in [-0.1, -0.05) is 6.07 Å². The van der Waals surface area contributed by atoms with E-state index < -0.39 is 0 Å². The topological polar surface area (TPSA) is 24.5 Å². The van der Waals surface area contributed by atoms with Gasteiger partial charge in [0.1, 0.15) is 5.82 Å². The van der Waals surface area contributed by atoms with Gasteiger partial charge in [0.15, 0.2) is 0 Å². The van der Waals surface area contributed by atoms with E-state index in [-0.39, 0.29) is 11.9 Å². The first kappa shape index (κ1) is 11.4. The van der Waals surface area contributed by atoms with E-state index in [2.05, 4.69) is 5.32 Å². The predicted octanol–water partition coefficient (Wildman–Crippen LogP) is 1.55. The Balaban J connectivity index is 2.31. The molecular formula is C12H17FN2O. The zero-order chi connectivity index (χ0) is 11.5. The highest BCUT2D eigenvalue weighted by Gasteiger charge is 2.19. The second-order valence-corrected chi connectivity index (χ2v) is 4.18. The van der Waals surface area contributed by atoms with Crippen LogP contribution in [0.15, 0.2) is 18.2 Å². The maximum atomic E-state index is 13.2. The number of morpholine rings is 1. The number of rotatable bonds is 2. The predicted molar refractivity (Wildman–Crippen MR) is 62.3 cm³/mol. The fraction of sp³-hybridized carbons (Fsp3) is 0.500. The lowest BCUT2D eigenvalue weighted by atomic mass is 10.0. The fourth-order valence-corrected chi connectivity index (χ4v) is 1.96. The number of benzene rings is 1. The van der Waals surface area contributed by atoms with Gasteiger partial charge in [0, 0.05) is 26.3 Å². The van der Waals surface area contributed by atoms with Crippen molar-refractivity contribution >= 4 is 5.69 Å². The molecule has 1 saturated heterocycles. The van der Waals surface area contributed by atoms with Crippen LogP contribution in [0.25, 0.3) is 0 Å². The minimum absolute atomic E-state index is 0.159. The summed E-state index contributed by atoms with van der Waals surface area (Å²) in [5.41, 5.74) is 1.99. The summed E-state index contributed by atoms with van der Waals surface area (Å²) in [6, 6.07) is 5.05. The Labute approximate surface area is 95.2 Å². The lowest BCUT2D eigenvalue weighted by Gasteiger charge is -2.28. The molecule has 1 heterocycles. The number of hydrogen-bond acceptors (Lipinski definition) is 3. The fourth-order valence-electron chi connectivity index (χ4n) is 1.96. The van der Waals surface area contributed by atoms with E-state index >= 15 is 0 Å². The first-order valence-corrected chi connectivity index (χ1v) is 5.46. The summed E-state index contributed by atoms with van der Waals surface area (Å²) in [4.78, 5) is 1.93. The van der Waals surface area contributed by atoms with Gasteiger partial charge in [0.05, 0.1) is 19.3 Å². The van der Waals surface area contributed by atoms with Gasteiger partial charge >= 0.3 is 0 Å². The smallest absolute Gasteiger partial charge is 0.125 e. The van der Waals surface area contributed by atoms with Crippen LogP contribution < -0.4 is 10.2 Å². The molecule has 1 aliphatic heterocycles. The van der Waals surface area contributed by atoms with E-state index in [0.29, 0.717) is 6.61 Å². The number of anilines is 1. The quantitative estimate of drug-likeness (QED) is 0.825. The summed E-state index contributed by atoms with van der Waals surface area (Å²) in [6.07, 6.45) is 0. The van der Waals surface area contributed by atoms with Crippen LogP contribution >= 0.6 is 0 Å². The monoisotopic (exact) mass is 224 g/mol. The second kappa shape index (κ2) is 4.80. The maximum absolute atomic E-state index is 13.2. The number of ether oxygens (including phenoxy) is 1. The highest BCUT2D eigenvalue weighted by Crippen LogP contribution is 2.27. The molecule has 1 unspecified atom stereocenters. The van der Waals surface area contributed by atoms with E-state index in [1.807, 2.05) is 25.1 Å². The summed E-state index contributed by atoms with van der Waals surface area (Å²) >= 11 is 0. The third-order valence-corrected chi connectivity index (χ3v) is 2.77. The summed E-state index contributed by atoms with van der Waals surface area (Å²) in [6.45, 7) is 2.23. The Kier molecular flexibility index (Phi) is 3.41. The third kappa shape index (κ3) is 2.33. The van der Waals surface area contributed by atoms with E-state index in [1.165, 1.54) is 6.07 Å². The average Bonchev–Trinajstić information content (AvgIpc) is 2.30. The van der Waals surface area contributed by atoms with Crippen LogP contribution in [-0.2, 0) is 4.74 Å². The van der Waals surface area contributed by atoms with Crippen LogP contribution in [0.1, 0.15) is 11.6 Å². The van der Waals surface area contributed by atoms with E-state index in [1.54, 1.807) is 6.07 Å². The molecule has 0 saturated carbocycles. The van der Waals surface area contributed by atoms with Crippen molar-refractivity contribution in [3.8, 4) is 0 Å². The number of nitrogens with zero attached hydrogens (tertiary/aromatic N) is 1. The van der Waals surface area contributed by atoms with Crippen molar-refractivity contribution < 1.29 is 9.13 Å². The Morgan fingerprint density at radius 2 is 2.25 bits per heavy atom. The molecule has 1 N–H and O–H groups in total. The number of halogens is 1. The molecule has 1 fully saturated rings. The molecule has 1 aromatic rings. The Bertz CT molecular complexity index is 362. The molecule has 0 bridgehead atoms. The lowest BCUT2D eigenvalue weighted by Crippen LogP contribution is -2.35. The Hall–Kier alpha value is -1.13. The molecule has 4 heteroatoms. The highest BCUT2D eigenvalue weighted by atomic mass is 19.1. The highest BCUT2D eigenvalue weighted by molar-refractivity contribution is 5.54. The molecule has 16 heavy (non-hydrogen) atoms. The molecule has 3 nitrogen and oxygen atoms in total. The first-order valence-electron chi connectivity index (χ1n) is 5.46. The van der Waals surface area contributed by atoms with Crippen LogP contribution in [0.3, 0.4) is 0 Å². The van der Waals surface area contributed by atoms with Gasteiger partial charge in [0.2, 0.25) is 0 Å². The molecule has 2 rings (SSSR count). The van der Waals surface area contributed by atoms with Gasteiger partial charge < -0.3 is 15.0 Å². The van der Waals surface area contributed by atoms with Crippen LogP contribution in [0.2, 0.25) is 0 Å². The van der Waals surface area contributed by atoms with Gasteiger partial charge in [0.25, 0.3) is 0 Å². The Morgan fingerprint density at radius 1 is 1.44 bits per heavy atom. The lowest BCUT2D eigenvalue weighted by molar-refractivity contribution is 0.0770. The van der Waals surface area contributed by atoms with E-state index in [9.17, 15) is 4.39 Å². The van der Waals surface area contributed by atoms with Gasteiger partial charge in [-0.05, 0) is 17.7 Å². The maximum Gasteiger partial charge on any atom is 0.125 e. The van der Waals surface area contributed by atoms with Gasteiger partial charge in [-0.3, -0.25) is 0 Å². The summed E-state index contributed by atoms with van der Waals surface area (Å²) in [7, 11) is 3.84. The minimum atomic E-state index is -0.204. The van der Waals surface area contributed by atoms with Crippen LogP contribution in [0.5, 0.6) is 0 Å². The zero-order valence-electron chi connectivity index (χ0n) is 9.66. The average molecular weight is 224 g/mol. The largest absolute Gasteiger partial charge is 0.378 e. The van der Waals surface area contributed by atoms with Crippen molar-refractivity contribution in [2.75, 3.05) is 38.8 Å². The molecule has 0 amide bonds. The third-order valence-electron chi connectivity index (χ3n) is 2.77. The van der Waals surface area contributed by atoms with Gasteiger partial charge in [-0.15, -0.1) is 0 Å². The van der Waals surface area contributed by atoms with Crippen LogP contribution in [0.4, 0.5) is 10.1 Å². The molecule has 0 radical (unpaired) electrons. The summed E-state index contributed by atoms with van der Waals surface area (Å²) in [5, 5.41) is 3.38. The normalized spacial score (nSPS) is 20.8. The number of nitrogens with one attached hydrogen (secondary N) is 1. The van der Waals surface area contributed by atoms with Crippen molar-refractivity contribution in [2.24, 2.45) is 0 Å². The van der Waals surface area contributed by atoms with Crippen molar-refractivity contribution in [2.45, 2.75) is 6.04 Å². The first-order chi connectivity index (χ1) is 7.68. The van der Waals surface area contributed by atoms with Crippen molar-refractivity contribution in [1.29, 1.82) is 0 Å². The van der Waals surface area contributed by atoms with Crippen molar-refractivity contribution in [1.82, 2.24) is 5.32 Å². The molecule has 0 aliphatic carbocycles. The molecular weight excluding hydrogens is 207 g/mol. The molecule has 1 atom stereocenters. The van der Waals surface area contributed by atoms with E-state index in [0.717, 1.165) is 24.4 Å². The molecule has 0 aromatic heterocycles. The van der Waals surface area contributed by atoms with Gasteiger partial charge in [-0.2, -0.15) is 0 Å². The van der Waals surface area contributed by atoms with Crippen molar-refractivity contribution in [3.05, 3.63) is 29.6 Å². The molecule has 88 valence electrons. The number of hydrogen-bond donors (Lipinski definition) is 1. The standard InChI is InChI=1S/C12H17FN2O/c1-15(2)12-7-9(13)3-4-10(12)11-8-16-6-5-14-11/h3-4,7,11,14H,5-6,8H2,1-2H3. The summed E-state index contributed by atoms with van der Waals surface area (Å²) < 4.78 is 18.6. The van der Waals surface area contributed by atoms with Crippen LogP contribution in [-0.4, -0.2) is 33.9 Å².